The van der Waals surface area contributed by atoms with Crippen LogP contribution in [-0.4, -0.2) is 0 Å². The molecule has 0 bridgehead atoms. The van der Waals surface area contributed by atoms with Gasteiger partial charge < -0.3 is 0 Å². The normalized spacial score (nSPS) is 39.8. The summed E-state index contributed by atoms with van der Waals surface area (Å²) in [5.74, 6) is 4.26. The third kappa shape index (κ3) is 4.11. The highest BCUT2D eigenvalue weighted by Crippen LogP contribution is 2.40. The van der Waals surface area contributed by atoms with Crippen LogP contribution in [0.4, 0.5) is 0 Å². The maximum Gasteiger partial charge on any atom is -0.0386 e. The predicted octanol–water partition coefficient (Wildman–Crippen LogP) is 5.67. The van der Waals surface area contributed by atoms with Crippen molar-refractivity contribution in [2.24, 2.45) is 23.7 Å². The van der Waals surface area contributed by atoms with Gasteiger partial charge in [-0.05, 0) is 49.4 Å². The first-order chi connectivity index (χ1) is 7.75. The standard InChI is InChI=1S/C14H26.C2H6/c1-11-3-7-13(8-4-11)14-9-5-12(2)6-10-14;1-2/h11-14H,3-10H2,1-2H3;1-2H3. The van der Waals surface area contributed by atoms with Crippen LogP contribution in [0.15, 0.2) is 0 Å². The van der Waals surface area contributed by atoms with Gasteiger partial charge in [0.25, 0.3) is 0 Å². The highest BCUT2D eigenvalue weighted by molar-refractivity contribution is 4.80. The van der Waals surface area contributed by atoms with E-state index in [0.29, 0.717) is 0 Å². The number of hydrogen-bond acceptors (Lipinski definition) is 0. The quantitative estimate of drug-likeness (QED) is 0.538. The molecule has 2 rings (SSSR count). The van der Waals surface area contributed by atoms with Gasteiger partial charge in [0.05, 0.1) is 0 Å². The molecule has 96 valence electrons. The summed E-state index contributed by atoms with van der Waals surface area (Å²) < 4.78 is 0. The van der Waals surface area contributed by atoms with Gasteiger partial charge in [-0.25, -0.2) is 0 Å². The monoisotopic (exact) mass is 224 g/mol. The van der Waals surface area contributed by atoms with Gasteiger partial charge in [0, 0.05) is 0 Å². The van der Waals surface area contributed by atoms with Gasteiger partial charge in [-0.1, -0.05) is 53.4 Å². The molecule has 0 radical (unpaired) electrons. The van der Waals surface area contributed by atoms with Crippen LogP contribution >= 0.6 is 0 Å². The van der Waals surface area contributed by atoms with Gasteiger partial charge in [-0.2, -0.15) is 0 Å². The number of hydrogen-bond donors (Lipinski definition) is 0. The van der Waals surface area contributed by atoms with Crippen LogP contribution in [0.2, 0.25) is 0 Å². The first-order valence-electron chi connectivity index (χ1n) is 7.75. The van der Waals surface area contributed by atoms with E-state index in [-0.39, 0.29) is 0 Å². The van der Waals surface area contributed by atoms with Crippen molar-refractivity contribution in [2.45, 2.75) is 79.1 Å². The van der Waals surface area contributed by atoms with Gasteiger partial charge >= 0.3 is 0 Å². The molecule has 0 spiro atoms. The summed E-state index contributed by atoms with van der Waals surface area (Å²) in [6, 6.07) is 0. The molecule has 0 N–H and O–H groups in total. The smallest absolute Gasteiger partial charge is 0.0386 e. The number of rotatable bonds is 1. The summed E-state index contributed by atoms with van der Waals surface area (Å²) in [4.78, 5) is 0. The van der Waals surface area contributed by atoms with Crippen molar-refractivity contribution >= 4 is 0 Å². The lowest BCUT2D eigenvalue weighted by atomic mass is 9.70. The first-order valence-corrected chi connectivity index (χ1v) is 7.75. The molecule has 2 aliphatic rings. The Balaban J connectivity index is 0.000000606. The van der Waals surface area contributed by atoms with E-state index >= 15 is 0 Å². The van der Waals surface area contributed by atoms with E-state index in [4.69, 9.17) is 0 Å². The third-order valence-electron chi connectivity index (χ3n) is 4.79. The van der Waals surface area contributed by atoms with E-state index < -0.39 is 0 Å². The Morgan fingerprint density at radius 1 is 0.500 bits per heavy atom. The molecular weight excluding hydrogens is 192 g/mol. The molecule has 0 aliphatic heterocycles. The molecule has 2 saturated carbocycles. The van der Waals surface area contributed by atoms with Crippen molar-refractivity contribution in [3.8, 4) is 0 Å². The maximum absolute atomic E-state index is 2.43. The highest BCUT2D eigenvalue weighted by atomic mass is 14.3. The van der Waals surface area contributed by atoms with Gasteiger partial charge in [-0.3, -0.25) is 0 Å². The minimum atomic E-state index is 1.02. The van der Waals surface area contributed by atoms with Crippen LogP contribution in [0.3, 0.4) is 0 Å². The molecule has 0 aromatic carbocycles. The van der Waals surface area contributed by atoms with Crippen LogP contribution in [0.1, 0.15) is 79.1 Å². The molecule has 0 atom stereocenters. The highest BCUT2D eigenvalue weighted by Gasteiger charge is 2.28. The average molecular weight is 224 g/mol. The molecule has 0 saturated heterocycles. The molecule has 0 nitrogen and oxygen atoms in total. The Labute approximate surface area is 103 Å². The SMILES string of the molecule is CC.CC1CCC(C2CCC(C)CC2)CC1. The van der Waals surface area contributed by atoms with E-state index in [1.165, 1.54) is 25.7 Å². The zero-order valence-electron chi connectivity index (χ0n) is 12.0. The molecule has 2 fully saturated rings. The molecular formula is C16H32. The van der Waals surface area contributed by atoms with E-state index in [9.17, 15) is 0 Å². The first kappa shape index (κ1) is 14.1. The molecule has 0 aromatic heterocycles. The largest absolute Gasteiger partial charge is 0.0683 e. The van der Waals surface area contributed by atoms with Crippen LogP contribution in [-0.2, 0) is 0 Å². The molecule has 0 heteroatoms. The van der Waals surface area contributed by atoms with Crippen molar-refractivity contribution < 1.29 is 0 Å². The molecule has 0 aromatic rings. The van der Waals surface area contributed by atoms with E-state index in [2.05, 4.69) is 13.8 Å². The van der Waals surface area contributed by atoms with Crippen molar-refractivity contribution in [3.63, 3.8) is 0 Å². The van der Waals surface area contributed by atoms with Gasteiger partial charge in [0.15, 0.2) is 0 Å². The maximum atomic E-state index is 2.43. The van der Waals surface area contributed by atoms with Crippen LogP contribution in [0.25, 0.3) is 0 Å². The van der Waals surface area contributed by atoms with E-state index in [1.807, 2.05) is 13.8 Å². The van der Waals surface area contributed by atoms with E-state index in [0.717, 1.165) is 23.7 Å². The van der Waals surface area contributed by atoms with Crippen LogP contribution < -0.4 is 0 Å². The minimum absolute atomic E-state index is 1.02. The van der Waals surface area contributed by atoms with Crippen LogP contribution in [0, 0.1) is 23.7 Å². The average Bonchev–Trinajstić information content (AvgIpc) is 2.34. The fraction of sp³-hybridized carbons (Fsp3) is 1.00. The molecule has 16 heavy (non-hydrogen) atoms. The summed E-state index contributed by atoms with van der Waals surface area (Å²) in [7, 11) is 0. The topological polar surface area (TPSA) is 0 Å². The van der Waals surface area contributed by atoms with Crippen molar-refractivity contribution in [3.05, 3.63) is 0 Å². The third-order valence-corrected chi connectivity index (χ3v) is 4.79. The Morgan fingerprint density at radius 2 is 0.750 bits per heavy atom. The summed E-state index contributed by atoms with van der Waals surface area (Å²) in [6.07, 6.45) is 12.2. The molecule has 0 amide bonds. The Bertz CT molecular complexity index is 137. The Morgan fingerprint density at radius 3 is 1.00 bits per heavy atom. The lowest BCUT2D eigenvalue weighted by molar-refractivity contribution is 0.155. The van der Waals surface area contributed by atoms with Crippen molar-refractivity contribution in [2.75, 3.05) is 0 Å². The molecule has 0 heterocycles. The molecule has 2 aliphatic carbocycles. The summed E-state index contributed by atoms with van der Waals surface area (Å²) in [5.41, 5.74) is 0. The minimum Gasteiger partial charge on any atom is -0.0683 e. The van der Waals surface area contributed by atoms with Gasteiger partial charge in [0.2, 0.25) is 0 Å². The van der Waals surface area contributed by atoms with E-state index in [1.54, 1.807) is 25.7 Å². The predicted molar refractivity (Wildman–Crippen MR) is 73.6 cm³/mol. The lowest BCUT2D eigenvalue weighted by Gasteiger charge is -2.36. The fourth-order valence-electron chi connectivity index (χ4n) is 3.51. The zero-order valence-corrected chi connectivity index (χ0v) is 12.0. The summed E-state index contributed by atoms with van der Waals surface area (Å²) >= 11 is 0. The van der Waals surface area contributed by atoms with Crippen molar-refractivity contribution in [1.29, 1.82) is 0 Å². The van der Waals surface area contributed by atoms with Gasteiger partial charge in [-0.15, -0.1) is 0 Å². The second-order valence-corrected chi connectivity index (χ2v) is 6.04. The Hall–Kier alpha value is 0. The summed E-state index contributed by atoms with van der Waals surface area (Å²) in [6.45, 7) is 8.86. The zero-order chi connectivity index (χ0) is 12.0. The van der Waals surface area contributed by atoms with Crippen LogP contribution in [0.5, 0.6) is 0 Å². The lowest BCUT2D eigenvalue weighted by Crippen LogP contribution is -2.24. The van der Waals surface area contributed by atoms with Crippen molar-refractivity contribution in [1.82, 2.24) is 0 Å². The second kappa shape index (κ2) is 7.35. The summed E-state index contributed by atoms with van der Waals surface area (Å²) in [5, 5.41) is 0. The fourth-order valence-corrected chi connectivity index (χ4v) is 3.51. The molecule has 0 unspecified atom stereocenters. The van der Waals surface area contributed by atoms with Gasteiger partial charge in [0.1, 0.15) is 0 Å². The second-order valence-electron chi connectivity index (χ2n) is 6.04. The Kier molecular flexibility index (Phi) is 6.46.